The number of carbonyl (C=O) groups is 2. The number of carbonyl (C=O) groups excluding carboxylic acids is 2. The Morgan fingerprint density at radius 2 is 2.08 bits per heavy atom. The molecule has 1 atom stereocenters. The lowest BCUT2D eigenvalue weighted by molar-refractivity contribution is -0.157. The number of likely N-dealkylation sites (N-methyl/N-ethyl adjacent to an activating group) is 1. The Morgan fingerprint density at radius 3 is 2.79 bits per heavy atom. The number of amides is 1. The summed E-state index contributed by atoms with van der Waals surface area (Å²) in [5.74, 6) is -0.729. The van der Waals surface area contributed by atoms with E-state index in [1.807, 2.05) is 0 Å². The monoisotopic (exact) mass is 336 g/mol. The van der Waals surface area contributed by atoms with Gasteiger partial charge in [0.2, 0.25) is 5.91 Å². The molecule has 6 heteroatoms. The Bertz CT molecular complexity index is 579. The molecule has 0 bridgehead atoms. The van der Waals surface area contributed by atoms with Crippen LogP contribution in [0, 0.1) is 5.82 Å². The third-order valence-electron chi connectivity index (χ3n) is 4.19. The van der Waals surface area contributed by atoms with Gasteiger partial charge in [0.05, 0.1) is 13.2 Å². The highest BCUT2D eigenvalue weighted by Crippen LogP contribution is 2.19. The van der Waals surface area contributed by atoms with Crippen molar-refractivity contribution < 1.29 is 18.7 Å². The van der Waals surface area contributed by atoms with Gasteiger partial charge >= 0.3 is 5.97 Å². The molecule has 1 saturated heterocycles. The van der Waals surface area contributed by atoms with Crippen LogP contribution in [0.5, 0.6) is 0 Å². The second-order valence-electron chi connectivity index (χ2n) is 6.11. The van der Waals surface area contributed by atoms with Gasteiger partial charge < -0.3 is 9.64 Å². The van der Waals surface area contributed by atoms with Crippen LogP contribution in [0.4, 0.5) is 4.39 Å². The number of benzene rings is 1. The number of piperidine rings is 1. The summed E-state index contributed by atoms with van der Waals surface area (Å²) in [6.45, 7) is 3.12. The normalized spacial score (nSPS) is 17.8. The predicted molar refractivity (Wildman–Crippen MR) is 88.7 cm³/mol. The summed E-state index contributed by atoms with van der Waals surface area (Å²) in [6, 6.07) is 6.04. The van der Waals surface area contributed by atoms with Crippen molar-refractivity contribution in [2.24, 2.45) is 0 Å². The van der Waals surface area contributed by atoms with E-state index >= 15 is 0 Å². The van der Waals surface area contributed by atoms with E-state index in [9.17, 15) is 14.0 Å². The van der Waals surface area contributed by atoms with Gasteiger partial charge in [-0.25, -0.2) is 9.18 Å². The number of rotatable bonds is 6. The standard InChI is InChI=1S/C18H25FN2O3/c1-3-24-18(23)16-10-6-7-11-21(16)17(22)13-20(2)12-14-8-4-5-9-15(14)19/h4-5,8-9,16H,3,6-7,10-13H2,1-2H3. The number of ether oxygens (including phenoxy) is 1. The molecule has 1 aromatic carbocycles. The Morgan fingerprint density at radius 1 is 1.33 bits per heavy atom. The zero-order chi connectivity index (χ0) is 17.5. The highest BCUT2D eigenvalue weighted by atomic mass is 19.1. The lowest BCUT2D eigenvalue weighted by Gasteiger charge is -2.35. The largest absolute Gasteiger partial charge is 0.464 e. The fourth-order valence-corrected chi connectivity index (χ4v) is 3.01. The molecule has 0 N–H and O–H groups in total. The van der Waals surface area contributed by atoms with E-state index in [2.05, 4.69) is 0 Å². The molecule has 0 spiro atoms. The van der Waals surface area contributed by atoms with Crippen molar-refractivity contribution in [3.63, 3.8) is 0 Å². The molecule has 0 aliphatic carbocycles. The van der Waals surface area contributed by atoms with Gasteiger partial charge in [0, 0.05) is 18.7 Å². The lowest BCUT2D eigenvalue weighted by atomic mass is 10.0. The van der Waals surface area contributed by atoms with Crippen molar-refractivity contribution in [2.75, 3.05) is 26.7 Å². The van der Waals surface area contributed by atoms with Gasteiger partial charge in [-0.15, -0.1) is 0 Å². The van der Waals surface area contributed by atoms with Crippen molar-refractivity contribution in [2.45, 2.75) is 38.8 Å². The molecule has 0 aromatic heterocycles. The van der Waals surface area contributed by atoms with E-state index in [4.69, 9.17) is 4.74 Å². The predicted octanol–water partition coefficient (Wildman–Crippen LogP) is 2.20. The zero-order valence-electron chi connectivity index (χ0n) is 14.3. The first-order valence-electron chi connectivity index (χ1n) is 8.41. The van der Waals surface area contributed by atoms with E-state index in [-0.39, 0.29) is 24.2 Å². The summed E-state index contributed by atoms with van der Waals surface area (Å²) < 4.78 is 18.8. The highest BCUT2D eigenvalue weighted by molar-refractivity contribution is 5.85. The molecule has 0 saturated carbocycles. The molecular weight excluding hydrogens is 311 g/mol. The minimum Gasteiger partial charge on any atom is -0.464 e. The second-order valence-corrected chi connectivity index (χ2v) is 6.11. The maximum absolute atomic E-state index is 13.7. The minimum absolute atomic E-state index is 0.119. The number of hydrogen-bond acceptors (Lipinski definition) is 4. The highest BCUT2D eigenvalue weighted by Gasteiger charge is 2.33. The van der Waals surface area contributed by atoms with Gasteiger partial charge in [-0.1, -0.05) is 18.2 Å². The van der Waals surface area contributed by atoms with Crippen LogP contribution in [0.2, 0.25) is 0 Å². The van der Waals surface area contributed by atoms with Crippen LogP contribution in [0.25, 0.3) is 0 Å². The number of likely N-dealkylation sites (tertiary alicyclic amines) is 1. The van der Waals surface area contributed by atoms with Crippen LogP contribution in [-0.4, -0.2) is 54.5 Å². The Hall–Kier alpha value is -1.95. The Labute approximate surface area is 142 Å². The zero-order valence-corrected chi connectivity index (χ0v) is 14.3. The average Bonchev–Trinajstić information content (AvgIpc) is 2.57. The Balaban J connectivity index is 1.96. The lowest BCUT2D eigenvalue weighted by Crippen LogP contribution is -2.51. The first kappa shape index (κ1) is 18.4. The molecule has 1 aromatic rings. The van der Waals surface area contributed by atoms with E-state index < -0.39 is 6.04 Å². The summed E-state index contributed by atoms with van der Waals surface area (Å²) in [4.78, 5) is 28.0. The van der Waals surface area contributed by atoms with Crippen LogP contribution in [0.3, 0.4) is 0 Å². The summed E-state index contributed by atoms with van der Waals surface area (Å²) in [5.41, 5.74) is 0.549. The van der Waals surface area contributed by atoms with Crippen molar-refractivity contribution in [3.05, 3.63) is 35.6 Å². The van der Waals surface area contributed by atoms with Crippen LogP contribution in [0.1, 0.15) is 31.7 Å². The van der Waals surface area contributed by atoms with Crippen molar-refractivity contribution in [1.82, 2.24) is 9.80 Å². The average molecular weight is 336 g/mol. The number of halogens is 1. The van der Waals surface area contributed by atoms with Gasteiger partial charge in [0.25, 0.3) is 0 Å². The molecule has 1 amide bonds. The fourth-order valence-electron chi connectivity index (χ4n) is 3.01. The van der Waals surface area contributed by atoms with Gasteiger partial charge in [0.1, 0.15) is 11.9 Å². The molecular formula is C18H25FN2O3. The van der Waals surface area contributed by atoms with Gasteiger partial charge in [-0.05, 0) is 39.3 Å². The summed E-state index contributed by atoms with van der Waals surface area (Å²) in [5, 5.41) is 0. The second kappa shape index (κ2) is 8.78. The van der Waals surface area contributed by atoms with Crippen LogP contribution in [0.15, 0.2) is 24.3 Å². The third-order valence-corrected chi connectivity index (χ3v) is 4.19. The van der Waals surface area contributed by atoms with E-state index in [1.54, 1.807) is 42.0 Å². The van der Waals surface area contributed by atoms with Gasteiger partial charge in [-0.3, -0.25) is 9.69 Å². The van der Waals surface area contributed by atoms with Crippen LogP contribution in [-0.2, 0) is 20.9 Å². The topological polar surface area (TPSA) is 49.9 Å². The summed E-state index contributed by atoms with van der Waals surface area (Å²) in [6.07, 6.45) is 2.44. The Kier molecular flexibility index (Phi) is 6.73. The first-order valence-corrected chi connectivity index (χ1v) is 8.41. The van der Waals surface area contributed by atoms with Gasteiger partial charge in [0.15, 0.2) is 0 Å². The minimum atomic E-state index is -0.493. The summed E-state index contributed by atoms with van der Waals surface area (Å²) >= 11 is 0. The fraction of sp³-hybridized carbons (Fsp3) is 0.556. The van der Waals surface area contributed by atoms with Crippen LogP contribution >= 0.6 is 0 Å². The smallest absolute Gasteiger partial charge is 0.328 e. The summed E-state index contributed by atoms with van der Waals surface area (Å²) in [7, 11) is 1.77. The molecule has 1 aliphatic rings. The molecule has 1 aliphatic heterocycles. The van der Waals surface area contributed by atoms with E-state index in [0.717, 1.165) is 12.8 Å². The molecule has 24 heavy (non-hydrogen) atoms. The van der Waals surface area contributed by atoms with Crippen molar-refractivity contribution in [3.8, 4) is 0 Å². The molecule has 5 nitrogen and oxygen atoms in total. The number of nitrogens with zero attached hydrogens (tertiary/aromatic N) is 2. The number of hydrogen-bond donors (Lipinski definition) is 0. The van der Waals surface area contributed by atoms with E-state index in [0.29, 0.717) is 31.7 Å². The van der Waals surface area contributed by atoms with Crippen LogP contribution < -0.4 is 0 Å². The van der Waals surface area contributed by atoms with Crippen molar-refractivity contribution >= 4 is 11.9 Å². The molecule has 0 radical (unpaired) electrons. The maximum Gasteiger partial charge on any atom is 0.328 e. The third kappa shape index (κ3) is 4.77. The molecule has 1 heterocycles. The van der Waals surface area contributed by atoms with Crippen molar-refractivity contribution in [1.29, 1.82) is 0 Å². The molecule has 132 valence electrons. The molecule has 2 rings (SSSR count). The first-order chi connectivity index (χ1) is 11.5. The van der Waals surface area contributed by atoms with Gasteiger partial charge in [-0.2, -0.15) is 0 Å². The molecule has 1 unspecified atom stereocenters. The maximum atomic E-state index is 13.7. The van der Waals surface area contributed by atoms with E-state index in [1.165, 1.54) is 6.07 Å². The number of esters is 1. The molecule has 1 fully saturated rings. The quantitative estimate of drug-likeness (QED) is 0.748. The SMILES string of the molecule is CCOC(=O)C1CCCCN1C(=O)CN(C)Cc1ccccc1F.